The summed E-state index contributed by atoms with van der Waals surface area (Å²) in [7, 11) is 0. The lowest BCUT2D eigenvalue weighted by Crippen LogP contribution is -2.33. The molecule has 3 aromatic rings. The number of carbonyl (C=O) groups excluding carboxylic acids is 1. The number of carbonyl (C=O) groups is 2. The summed E-state index contributed by atoms with van der Waals surface area (Å²) < 4.78 is 11.6. The number of hydrogen-bond acceptors (Lipinski definition) is 5. The van der Waals surface area contributed by atoms with Gasteiger partial charge >= 0.3 is 5.97 Å². The first kappa shape index (κ1) is 26.4. The van der Waals surface area contributed by atoms with Crippen molar-refractivity contribution < 1.29 is 29.0 Å². The molecule has 0 aromatic heterocycles. The second kappa shape index (κ2) is 11.6. The molecular weight excluding hydrogens is 529 g/mol. The topological polar surface area (TPSA) is 85.3 Å². The molecule has 9 heteroatoms. The Morgan fingerprint density at radius 1 is 1.00 bits per heavy atom. The van der Waals surface area contributed by atoms with Crippen LogP contribution in [-0.4, -0.2) is 41.8 Å². The number of fused-ring (bicyclic) bond motifs is 1. The lowest BCUT2D eigenvalue weighted by Gasteiger charge is -2.24. The third kappa shape index (κ3) is 6.41. The van der Waals surface area contributed by atoms with Crippen LogP contribution in [0.4, 0.5) is 0 Å². The zero-order valence-corrected chi connectivity index (χ0v) is 22.1. The maximum Gasteiger partial charge on any atom is 0.311 e. The molecule has 1 N–H and O–H groups in total. The normalized spacial score (nSPS) is 16.3. The van der Waals surface area contributed by atoms with Gasteiger partial charge in [0.1, 0.15) is 17.2 Å². The maximum absolute atomic E-state index is 13.3. The minimum atomic E-state index is -0.914. The summed E-state index contributed by atoms with van der Waals surface area (Å²) in [5.74, 6) is -0.0467. The first-order chi connectivity index (χ1) is 18.4. The molecule has 1 unspecified atom stereocenters. The van der Waals surface area contributed by atoms with E-state index in [-0.39, 0.29) is 10.9 Å². The molecular formula is C29H27Cl2NO6. The van der Waals surface area contributed by atoms with Crippen LogP contribution in [0.15, 0.2) is 60.7 Å². The van der Waals surface area contributed by atoms with E-state index in [1.54, 1.807) is 36.4 Å². The van der Waals surface area contributed by atoms with Crippen molar-refractivity contribution in [2.45, 2.75) is 31.6 Å². The Hall–Kier alpha value is -3.26. The molecule has 2 aliphatic rings. The number of halogens is 2. The maximum atomic E-state index is 13.3. The molecule has 1 saturated carbocycles. The van der Waals surface area contributed by atoms with Crippen molar-refractivity contribution in [3.8, 4) is 17.2 Å². The van der Waals surface area contributed by atoms with Gasteiger partial charge in [0.2, 0.25) is 0 Å². The highest BCUT2D eigenvalue weighted by Crippen LogP contribution is 2.42. The predicted octanol–water partition coefficient (Wildman–Crippen LogP) is 6.76. The number of ether oxygens (including phenoxy) is 2. The molecule has 0 spiro atoms. The summed E-state index contributed by atoms with van der Waals surface area (Å²) in [5, 5.41) is 11.9. The lowest BCUT2D eigenvalue weighted by atomic mass is 9.93. The number of hydrogen-bond donors (Lipinski definition) is 1. The van der Waals surface area contributed by atoms with E-state index in [9.17, 15) is 14.7 Å². The second-order valence-electron chi connectivity index (χ2n) is 9.50. The van der Waals surface area contributed by atoms with Crippen LogP contribution in [0.5, 0.6) is 17.2 Å². The van der Waals surface area contributed by atoms with E-state index >= 15 is 0 Å². The molecule has 1 atom stereocenters. The number of carboxylic acid groups (broad SMARTS) is 1. The number of aliphatic carboxylic acids is 1. The fourth-order valence-corrected chi connectivity index (χ4v) is 4.58. The number of rotatable bonds is 10. The first-order valence-electron chi connectivity index (χ1n) is 12.5. The first-order valence-corrected chi connectivity index (χ1v) is 13.3. The Morgan fingerprint density at radius 2 is 1.74 bits per heavy atom. The Kier molecular flexibility index (Phi) is 8.07. The van der Waals surface area contributed by atoms with E-state index < -0.39 is 11.9 Å². The Balaban J connectivity index is 1.27. The molecule has 38 heavy (non-hydrogen) atoms. The Morgan fingerprint density at radius 3 is 2.42 bits per heavy atom. The lowest BCUT2D eigenvalue weighted by molar-refractivity contribution is -0.139. The molecule has 0 radical (unpaired) electrons. The largest absolute Gasteiger partial charge is 0.493 e. The quantitative estimate of drug-likeness (QED) is 0.278. The minimum Gasteiger partial charge on any atom is -0.493 e. The molecule has 1 amide bonds. The van der Waals surface area contributed by atoms with Gasteiger partial charge in [0.05, 0.1) is 30.7 Å². The summed E-state index contributed by atoms with van der Waals surface area (Å²) >= 11 is 12.4. The monoisotopic (exact) mass is 555 g/mol. The number of hydroxylamine groups is 2. The summed E-state index contributed by atoms with van der Waals surface area (Å²) in [6.07, 6.45) is 3.27. The number of carboxylic acids is 1. The molecule has 1 heterocycles. The molecule has 0 saturated heterocycles. The second-order valence-corrected chi connectivity index (χ2v) is 10.3. The van der Waals surface area contributed by atoms with Crippen molar-refractivity contribution >= 4 is 35.1 Å². The average molecular weight is 556 g/mol. The average Bonchev–Trinajstić information content (AvgIpc) is 3.74. The summed E-state index contributed by atoms with van der Waals surface area (Å²) in [5.41, 5.74) is 2.06. The highest BCUT2D eigenvalue weighted by molar-refractivity contribution is 6.32. The van der Waals surface area contributed by atoms with Gasteiger partial charge in [-0.1, -0.05) is 35.3 Å². The van der Waals surface area contributed by atoms with E-state index in [0.717, 1.165) is 18.4 Å². The van der Waals surface area contributed by atoms with Crippen LogP contribution in [0.1, 0.15) is 46.7 Å². The summed E-state index contributed by atoms with van der Waals surface area (Å²) in [6, 6.07) is 17.5. The summed E-state index contributed by atoms with van der Waals surface area (Å²) in [4.78, 5) is 30.7. The molecule has 7 nitrogen and oxygen atoms in total. The van der Waals surface area contributed by atoms with E-state index in [0.29, 0.717) is 71.9 Å². The highest BCUT2D eigenvalue weighted by Gasteiger charge is 2.29. The molecule has 3 aromatic carbocycles. The van der Waals surface area contributed by atoms with Crippen molar-refractivity contribution in [3.63, 3.8) is 0 Å². The van der Waals surface area contributed by atoms with Gasteiger partial charge < -0.3 is 14.6 Å². The van der Waals surface area contributed by atoms with Crippen molar-refractivity contribution in [3.05, 3.63) is 87.4 Å². The minimum absolute atomic E-state index is 0.230. The van der Waals surface area contributed by atoms with Crippen LogP contribution >= 0.6 is 23.2 Å². The van der Waals surface area contributed by atoms with Crippen LogP contribution < -0.4 is 9.47 Å². The van der Waals surface area contributed by atoms with Gasteiger partial charge in [0, 0.05) is 22.2 Å². The van der Waals surface area contributed by atoms with Crippen LogP contribution in [0.3, 0.4) is 0 Å². The van der Waals surface area contributed by atoms with Crippen LogP contribution in [-0.2, 0) is 16.1 Å². The van der Waals surface area contributed by atoms with Crippen LogP contribution in [0, 0.1) is 5.92 Å². The van der Waals surface area contributed by atoms with E-state index in [1.807, 2.05) is 24.3 Å². The van der Waals surface area contributed by atoms with E-state index in [1.165, 1.54) is 5.06 Å². The van der Waals surface area contributed by atoms with Gasteiger partial charge in [-0.05, 0) is 79.6 Å². The van der Waals surface area contributed by atoms with Crippen LogP contribution in [0.25, 0.3) is 0 Å². The molecule has 1 aliphatic heterocycles. The zero-order chi connectivity index (χ0) is 26.6. The third-order valence-corrected chi connectivity index (χ3v) is 7.18. The van der Waals surface area contributed by atoms with Gasteiger partial charge in [0.15, 0.2) is 0 Å². The number of benzene rings is 3. The Bertz CT molecular complexity index is 1310. The van der Waals surface area contributed by atoms with Gasteiger partial charge in [0.25, 0.3) is 5.91 Å². The Labute approximate surface area is 230 Å². The SMILES string of the molecule is O=C(O)C1CCOc2cc(Oc3ccc(C(=O)N(CCc4ccc(Cl)cc4)OCC4CC4)cc3)c(Cl)cc21. The third-order valence-electron chi connectivity index (χ3n) is 6.64. The molecule has 5 rings (SSSR count). The zero-order valence-electron chi connectivity index (χ0n) is 20.6. The van der Waals surface area contributed by atoms with Crippen LogP contribution in [0.2, 0.25) is 10.0 Å². The number of nitrogens with zero attached hydrogens (tertiary/aromatic N) is 1. The van der Waals surface area contributed by atoms with Gasteiger partial charge in [-0.2, -0.15) is 0 Å². The fourth-order valence-electron chi connectivity index (χ4n) is 4.25. The van der Waals surface area contributed by atoms with Crippen molar-refractivity contribution in [2.24, 2.45) is 5.92 Å². The molecule has 0 bridgehead atoms. The van der Waals surface area contributed by atoms with Gasteiger partial charge in [-0.3, -0.25) is 14.4 Å². The van der Waals surface area contributed by atoms with Crippen molar-refractivity contribution in [1.29, 1.82) is 0 Å². The predicted molar refractivity (Wildman–Crippen MR) is 143 cm³/mol. The van der Waals surface area contributed by atoms with Crippen molar-refractivity contribution in [2.75, 3.05) is 19.8 Å². The van der Waals surface area contributed by atoms with E-state index in [4.69, 9.17) is 37.5 Å². The van der Waals surface area contributed by atoms with Gasteiger partial charge in [-0.25, -0.2) is 5.06 Å². The number of amides is 1. The fraction of sp³-hybridized carbons (Fsp3) is 0.310. The smallest absolute Gasteiger partial charge is 0.311 e. The molecule has 1 aliphatic carbocycles. The van der Waals surface area contributed by atoms with Gasteiger partial charge in [-0.15, -0.1) is 0 Å². The summed E-state index contributed by atoms with van der Waals surface area (Å²) in [6.45, 7) is 1.24. The van der Waals surface area contributed by atoms with E-state index in [2.05, 4.69) is 0 Å². The highest BCUT2D eigenvalue weighted by atomic mass is 35.5. The molecule has 198 valence electrons. The molecule has 1 fully saturated rings. The standard InChI is InChI=1S/C29H27Cl2NO6/c30-21-7-3-18(4-8-21)11-13-32(37-17-19-1-2-19)28(33)20-5-9-22(10-6-20)38-27-16-26-24(15-25(27)31)23(29(34)35)12-14-36-26/h3-10,15-16,19,23H,1-2,11-14,17H2,(H,34,35). The van der Waals surface area contributed by atoms with Crippen molar-refractivity contribution in [1.82, 2.24) is 5.06 Å².